The quantitative estimate of drug-likeness (QED) is 0.788. The molecule has 0 fully saturated rings. The molecule has 0 unspecified atom stereocenters. The van der Waals surface area contributed by atoms with Gasteiger partial charge < -0.3 is 5.32 Å². The summed E-state index contributed by atoms with van der Waals surface area (Å²) in [5.74, 6) is -0.308. The Bertz CT molecular complexity index is 735. The van der Waals surface area contributed by atoms with Crippen LogP contribution >= 0.6 is 22.9 Å². The van der Waals surface area contributed by atoms with Crippen LogP contribution in [0.1, 0.15) is 11.4 Å². The predicted molar refractivity (Wildman–Crippen MR) is 76.5 cm³/mol. The Morgan fingerprint density at radius 3 is 3.16 bits per heavy atom. The molecule has 0 spiro atoms. The Hall–Kier alpha value is -1.59. The lowest BCUT2D eigenvalue weighted by Gasteiger charge is -2.08. The van der Waals surface area contributed by atoms with Crippen molar-refractivity contribution in [2.45, 2.75) is 13.5 Å². The van der Waals surface area contributed by atoms with Crippen LogP contribution in [0.2, 0.25) is 5.02 Å². The van der Waals surface area contributed by atoms with Crippen LogP contribution in [0.4, 0.5) is 10.1 Å². The lowest BCUT2D eigenvalue weighted by Crippen LogP contribution is -2.04. The number of nitrogens with one attached hydrogen (secondary N) is 1. The number of rotatable bonds is 3. The van der Waals surface area contributed by atoms with Crippen molar-refractivity contribution in [3.05, 3.63) is 52.0 Å². The minimum absolute atomic E-state index is 0.308. The number of benzene rings is 1. The van der Waals surface area contributed by atoms with Crippen LogP contribution in [0.15, 0.2) is 29.8 Å². The van der Waals surface area contributed by atoms with Crippen LogP contribution in [-0.4, -0.2) is 9.38 Å². The molecule has 6 heteroatoms. The minimum Gasteiger partial charge on any atom is -0.378 e. The third-order valence-corrected chi connectivity index (χ3v) is 4.02. The van der Waals surface area contributed by atoms with Gasteiger partial charge in [0, 0.05) is 11.6 Å². The van der Waals surface area contributed by atoms with Crippen molar-refractivity contribution in [1.82, 2.24) is 9.38 Å². The largest absolute Gasteiger partial charge is 0.378 e. The van der Waals surface area contributed by atoms with Gasteiger partial charge in [0.1, 0.15) is 5.82 Å². The summed E-state index contributed by atoms with van der Waals surface area (Å²) in [4.78, 5) is 5.42. The van der Waals surface area contributed by atoms with E-state index in [4.69, 9.17) is 11.6 Å². The van der Waals surface area contributed by atoms with Crippen molar-refractivity contribution in [2.75, 3.05) is 5.32 Å². The zero-order chi connectivity index (χ0) is 13.4. The molecule has 0 saturated heterocycles. The molecule has 0 bridgehead atoms. The molecule has 19 heavy (non-hydrogen) atoms. The van der Waals surface area contributed by atoms with E-state index in [9.17, 15) is 4.39 Å². The zero-order valence-corrected chi connectivity index (χ0v) is 11.7. The fourth-order valence-electron chi connectivity index (χ4n) is 1.97. The van der Waals surface area contributed by atoms with Gasteiger partial charge in [0.25, 0.3) is 0 Å². The third-order valence-electron chi connectivity index (χ3n) is 2.94. The van der Waals surface area contributed by atoms with Gasteiger partial charge in [-0.05, 0) is 25.1 Å². The van der Waals surface area contributed by atoms with Crippen LogP contribution in [-0.2, 0) is 6.54 Å². The van der Waals surface area contributed by atoms with Gasteiger partial charge in [0.15, 0.2) is 4.96 Å². The van der Waals surface area contributed by atoms with Crippen molar-refractivity contribution in [1.29, 1.82) is 0 Å². The molecule has 0 radical (unpaired) electrons. The first-order valence-electron chi connectivity index (χ1n) is 5.75. The molecule has 0 aliphatic rings. The van der Waals surface area contributed by atoms with Crippen molar-refractivity contribution in [3.8, 4) is 0 Å². The molecule has 0 amide bonds. The number of aryl methyl sites for hydroxylation is 1. The van der Waals surface area contributed by atoms with Gasteiger partial charge in [0.2, 0.25) is 0 Å². The Balaban J connectivity index is 1.87. The van der Waals surface area contributed by atoms with Crippen molar-refractivity contribution >= 4 is 33.6 Å². The van der Waals surface area contributed by atoms with E-state index in [1.165, 1.54) is 12.1 Å². The van der Waals surface area contributed by atoms with E-state index in [0.717, 1.165) is 16.3 Å². The molecule has 0 aliphatic heterocycles. The first-order chi connectivity index (χ1) is 9.15. The van der Waals surface area contributed by atoms with Gasteiger partial charge in [-0.2, -0.15) is 0 Å². The molecule has 3 rings (SSSR count). The van der Waals surface area contributed by atoms with E-state index in [1.54, 1.807) is 17.4 Å². The number of imidazole rings is 1. The molecule has 1 aromatic carbocycles. The number of halogens is 2. The predicted octanol–water partition coefficient (Wildman–Crippen LogP) is 4.11. The van der Waals surface area contributed by atoms with E-state index in [0.29, 0.717) is 17.3 Å². The van der Waals surface area contributed by atoms with Gasteiger partial charge >= 0.3 is 0 Å². The van der Waals surface area contributed by atoms with Crippen LogP contribution in [0.5, 0.6) is 0 Å². The minimum atomic E-state index is -0.308. The number of hydrogen-bond acceptors (Lipinski definition) is 3. The number of hydrogen-bond donors (Lipinski definition) is 1. The highest BCUT2D eigenvalue weighted by Crippen LogP contribution is 2.24. The molecular weight excluding hydrogens is 285 g/mol. The smallest absolute Gasteiger partial charge is 0.194 e. The van der Waals surface area contributed by atoms with Gasteiger partial charge in [-0.3, -0.25) is 4.40 Å². The topological polar surface area (TPSA) is 29.3 Å². The zero-order valence-electron chi connectivity index (χ0n) is 10.2. The first-order valence-corrected chi connectivity index (χ1v) is 7.01. The van der Waals surface area contributed by atoms with E-state index >= 15 is 0 Å². The molecule has 1 N–H and O–H groups in total. The number of fused-ring (bicyclic) bond motifs is 1. The summed E-state index contributed by atoms with van der Waals surface area (Å²) < 4.78 is 15.2. The van der Waals surface area contributed by atoms with E-state index in [2.05, 4.69) is 10.3 Å². The summed E-state index contributed by atoms with van der Waals surface area (Å²) in [5.41, 5.74) is 2.61. The molecule has 2 aromatic heterocycles. The lowest BCUT2D eigenvalue weighted by atomic mass is 10.3. The maximum absolute atomic E-state index is 13.2. The summed E-state index contributed by atoms with van der Waals surface area (Å²) >= 11 is 7.61. The summed E-state index contributed by atoms with van der Waals surface area (Å²) in [5, 5.41) is 5.64. The molecule has 0 saturated carbocycles. The molecule has 0 aliphatic carbocycles. The molecule has 0 atom stereocenters. The number of aromatic nitrogens is 2. The maximum Gasteiger partial charge on any atom is 0.194 e. The number of anilines is 1. The Labute approximate surface area is 118 Å². The van der Waals surface area contributed by atoms with Gasteiger partial charge in [0.05, 0.1) is 28.6 Å². The highest BCUT2D eigenvalue weighted by Gasteiger charge is 2.10. The van der Waals surface area contributed by atoms with Gasteiger partial charge in [-0.1, -0.05) is 11.6 Å². The Morgan fingerprint density at radius 1 is 1.47 bits per heavy atom. The average Bonchev–Trinajstić information content (AvgIpc) is 2.92. The second-order valence-electron chi connectivity index (χ2n) is 4.18. The highest BCUT2D eigenvalue weighted by molar-refractivity contribution is 7.15. The number of nitrogens with zero attached hydrogens (tertiary/aromatic N) is 2. The molecule has 3 nitrogen and oxygen atoms in total. The second kappa shape index (κ2) is 4.83. The molecular formula is C13H11ClFN3S. The normalized spacial score (nSPS) is 11.1. The van der Waals surface area contributed by atoms with Gasteiger partial charge in [-0.15, -0.1) is 11.3 Å². The second-order valence-corrected chi connectivity index (χ2v) is 5.46. The molecule has 98 valence electrons. The van der Waals surface area contributed by atoms with Gasteiger partial charge in [-0.25, -0.2) is 9.37 Å². The maximum atomic E-state index is 13.2. The lowest BCUT2D eigenvalue weighted by molar-refractivity contribution is 0.628. The van der Waals surface area contributed by atoms with Crippen LogP contribution in [0.25, 0.3) is 4.96 Å². The van der Waals surface area contributed by atoms with Crippen molar-refractivity contribution in [2.24, 2.45) is 0 Å². The van der Waals surface area contributed by atoms with E-state index in [-0.39, 0.29) is 5.82 Å². The standard InChI is InChI=1S/C13H11ClFN3S/c1-8-12(18-4-5-19-13(18)17-8)7-16-11-6-9(15)2-3-10(11)14/h2-6,16H,7H2,1H3. The van der Waals surface area contributed by atoms with Crippen LogP contribution < -0.4 is 5.32 Å². The Kier molecular flexibility index (Phi) is 3.16. The van der Waals surface area contributed by atoms with Crippen LogP contribution in [0, 0.1) is 12.7 Å². The fourth-order valence-corrected chi connectivity index (χ4v) is 2.93. The summed E-state index contributed by atoms with van der Waals surface area (Å²) in [6.45, 7) is 2.51. The fraction of sp³-hybridized carbons (Fsp3) is 0.154. The SMILES string of the molecule is Cc1nc2sccn2c1CNc1cc(F)ccc1Cl. The van der Waals surface area contributed by atoms with E-state index < -0.39 is 0 Å². The van der Waals surface area contributed by atoms with Crippen molar-refractivity contribution < 1.29 is 4.39 Å². The summed E-state index contributed by atoms with van der Waals surface area (Å²) in [7, 11) is 0. The van der Waals surface area contributed by atoms with E-state index in [1.807, 2.05) is 22.9 Å². The Morgan fingerprint density at radius 2 is 2.32 bits per heavy atom. The first kappa shape index (κ1) is 12.4. The summed E-state index contributed by atoms with van der Waals surface area (Å²) in [6.07, 6.45) is 1.98. The molecule has 2 heterocycles. The van der Waals surface area contributed by atoms with Crippen molar-refractivity contribution in [3.63, 3.8) is 0 Å². The monoisotopic (exact) mass is 295 g/mol. The number of thiazole rings is 1. The third kappa shape index (κ3) is 2.31. The molecule has 3 aromatic rings. The van der Waals surface area contributed by atoms with Crippen LogP contribution in [0.3, 0.4) is 0 Å². The summed E-state index contributed by atoms with van der Waals surface area (Å²) in [6, 6.07) is 4.28. The average molecular weight is 296 g/mol. The highest BCUT2D eigenvalue weighted by atomic mass is 35.5.